The van der Waals surface area contributed by atoms with Gasteiger partial charge in [-0.2, -0.15) is 0 Å². The van der Waals surface area contributed by atoms with Crippen molar-refractivity contribution in [1.82, 2.24) is 0 Å². The van der Waals surface area contributed by atoms with E-state index in [0.717, 1.165) is 32.1 Å². The minimum absolute atomic E-state index is 0.824. The molecule has 1 rings (SSSR count). The summed E-state index contributed by atoms with van der Waals surface area (Å²) in [4.78, 5) is 2.51. The molecule has 0 radical (unpaired) electrons. The number of rotatable bonds is 14. The van der Waals surface area contributed by atoms with Crippen LogP contribution in [0.1, 0.15) is 46.0 Å². The quantitative estimate of drug-likeness (QED) is 0.370. The molecular formula is C19H37N2O3Si+. The minimum atomic E-state index is -2.45. The van der Waals surface area contributed by atoms with Crippen LogP contribution < -0.4 is 9.47 Å². The average molecular weight is 370 g/mol. The lowest BCUT2D eigenvalue weighted by Crippen LogP contribution is -2.44. The first-order valence-corrected chi connectivity index (χ1v) is 11.5. The fourth-order valence-electron chi connectivity index (χ4n) is 2.91. The van der Waals surface area contributed by atoms with Crippen molar-refractivity contribution in [3.63, 3.8) is 0 Å². The van der Waals surface area contributed by atoms with E-state index in [-0.39, 0.29) is 0 Å². The predicted molar refractivity (Wildman–Crippen MR) is 105 cm³/mol. The van der Waals surface area contributed by atoms with Crippen molar-refractivity contribution in [2.75, 3.05) is 39.3 Å². The summed E-state index contributed by atoms with van der Waals surface area (Å²) in [6, 6.07) is 5.29. The maximum absolute atomic E-state index is 5.48. The molecule has 0 aliphatic heterocycles. The molecule has 1 aromatic rings. The highest BCUT2D eigenvalue weighted by Gasteiger charge is 2.37. The molecule has 0 unspecified atom stereocenters. The van der Waals surface area contributed by atoms with E-state index in [0.29, 0.717) is 0 Å². The summed E-state index contributed by atoms with van der Waals surface area (Å²) in [5.74, 6) is 0. The molecule has 0 fully saturated rings. The second-order valence-electron chi connectivity index (χ2n) is 6.39. The van der Waals surface area contributed by atoms with Gasteiger partial charge in [-0.3, -0.25) is 0 Å². The van der Waals surface area contributed by atoms with Crippen molar-refractivity contribution < 1.29 is 17.8 Å². The lowest BCUT2D eigenvalue weighted by atomic mass is 10.2. The Morgan fingerprint density at radius 2 is 1.40 bits per heavy atom. The number of aromatic nitrogens is 1. The summed E-state index contributed by atoms with van der Waals surface area (Å²) in [6.07, 6.45) is 10.3. The van der Waals surface area contributed by atoms with Gasteiger partial charge in [-0.1, -0.05) is 26.7 Å². The van der Waals surface area contributed by atoms with Crippen LogP contribution in [0.4, 0.5) is 5.69 Å². The lowest BCUT2D eigenvalue weighted by molar-refractivity contribution is -0.696. The first-order valence-electron chi connectivity index (χ1n) is 9.54. The fourth-order valence-corrected chi connectivity index (χ4v) is 4.62. The summed E-state index contributed by atoms with van der Waals surface area (Å²) in [5, 5.41) is 0. The molecule has 6 heteroatoms. The molecule has 1 heterocycles. The van der Waals surface area contributed by atoms with Gasteiger partial charge < -0.3 is 18.2 Å². The van der Waals surface area contributed by atoms with Crippen molar-refractivity contribution in [2.24, 2.45) is 0 Å². The summed E-state index contributed by atoms with van der Waals surface area (Å²) >= 11 is 0. The smallest absolute Gasteiger partial charge is 0.377 e. The topological polar surface area (TPSA) is 34.8 Å². The Labute approximate surface area is 155 Å². The van der Waals surface area contributed by atoms with E-state index in [1.807, 2.05) is 0 Å². The minimum Gasteiger partial charge on any atom is -0.377 e. The van der Waals surface area contributed by atoms with Gasteiger partial charge in [0.05, 0.1) is 0 Å². The lowest BCUT2D eigenvalue weighted by Gasteiger charge is -2.24. The van der Waals surface area contributed by atoms with Gasteiger partial charge in [0.1, 0.15) is 6.54 Å². The molecule has 0 aromatic carbocycles. The maximum Gasteiger partial charge on any atom is 0.500 e. The third-order valence-corrected chi connectivity index (χ3v) is 7.47. The predicted octanol–water partition coefficient (Wildman–Crippen LogP) is 3.65. The van der Waals surface area contributed by atoms with E-state index in [9.17, 15) is 0 Å². The van der Waals surface area contributed by atoms with Gasteiger partial charge in [0.15, 0.2) is 12.4 Å². The molecule has 5 nitrogen and oxygen atoms in total. The molecule has 0 aliphatic carbocycles. The summed E-state index contributed by atoms with van der Waals surface area (Å²) in [7, 11) is 2.56. The second kappa shape index (κ2) is 12.4. The molecule has 0 aliphatic rings. The van der Waals surface area contributed by atoms with E-state index < -0.39 is 8.80 Å². The third-order valence-electron chi connectivity index (χ3n) is 4.63. The Morgan fingerprint density at radius 1 is 0.880 bits per heavy atom. The SMILES string of the molecule is CCCCN(CCCC)c1cc[n+](CCC[Si](OC)(OC)OC)cc1. The number of unbranched alkanes of at least 4 members (excludes halogenated alkanes) is 2. The molecule has 0 saturated heterocycles. The second-order valence-corrected chi connectivity index (χ2v) is 9.48. The first-order chi connectivity index (χ1) is 12.1. The van der Waals surface area contributed by atoms with Crippen LogP contribution in [0.15, 0.2) is 24.5 Å². The Balaban J connectivity index is 2.58. The Hall–Kier alpha value is -0.953. The van der Waals surface area contributed by atoms with E-state index in [1.165, 1.54) is 31.4 Å². The number of aryl methyl sites for hydroxylation is 1. The molecular weight excluding hydrogens is 332 g/mol. The van der Waals surface area contributed by atoms with Crippen molar-refractivity contribution in [1.29, 1.82) is 0 Å². The first kappa shape index (κ1) is 22.1. The number of nitrogens with zero attached hydrogens (tertiary/aromatic N) is 2. The molecule has 1 aromatic heterocycles. The summed E-state index contributed by atoms with van der Waals surface area (Å²) < 4.78 is 18.7. The molecule has 0 spiro atoms. The molecule has 0 bridgehead atoms. The van der Waals surface area contributed by atoms with Crippen LogP contribution in [-0.2, 0) is 19.8 Å². The van der Waals surface area contributed by atoms with Crippen molar-refractivity contribution in [3.8, 4) is 0 Å². The van der Waals surface area contributed by atoms with Gasteiger partial charge in [0.25, 0.3) is 0 Å². The highest BCUT2D eigenvalue weighted by atomic mass is 28.4. The summed E-state index contributed by atoms with van der Waals surface area (Å²) in [6.45, 7) is 7.73. The van der Waals surface area contributed by atoms with Crippen molar-refractivity contribution in [3.05, 3.63) is 24.5 Å². The van der Waals surface area contributed by atoms with E-state index in [2.05, 4.69) is 47.8 Å². The Morgan fingerprint density at radius 3 is 1.84 bits per heavy atom. The Kier molecular flexibility index (Phi) is 11.0. The highest BCUT2D eigenvalue weighted by molar-refractivity contribution is 6.60. The highest BCUT2D eigenvalue weighted by Crippen LogP contribution is 2.16. The standard InChI is InChI=1S/C19H37N2O3Si/c1-6-8-14-21(15-9-7-2)19-11-16-20(17-12-19)13-10-18-25(22-3,23-4)24-5/h11-12,16-17H,6-10,13-15,18H2,1-5H3/q+1. The van der Waals surface area contributed by atoms with Crippen LogP contribution in [-0.4, -0.2) is 43.2 Å². The normalized spacial score (nSPS) is 11.7. The van der Waals surface area contributed by atoms with Gasteiger partial charge in [0, 0.05) is 64.7 Å². The van der Waals surface area contributed by atoms with E-state index in [4.69, 9.17) is 13.3 Å². The van der Waals surface area contributed by atoms with Crippen LogP contribution in [0.5, 0.6) is 0 Å². The molecule has 0 N–H and O–H groups in total. The Bertz CT molecular complexity index is 436. The number of pyridine rings is 1. The monoisotopic (exact) mass is 369 g/mol. The van der Waals surface area contributed by atoms with Crippen LogP contribution in [0.3, 0.4) is 0 Å². The van der Waals surface area contributed by atoms with Gasteiger partial charge in [0.2, 0.25) is 0 Å². The zero-order valence-electron chi connectivity index (χ0n) is 16.8. The zero-order chi connectivity index (χ0) is 18.5. The number of hydrogen-bond donors (Lipinski definition) is 0. The van der Waals surface area contributed by atoms with Crippen LogP contribution in [0.25, 0.3) is 0 Å². The van der Waals surface area contributed by atoms with Crippen molar-refractivity contribution >= 4 is 14.5 Å². The van der Waals surface area contributed by atoms with E-state index >= 15 is 0 Å². The van der Waals surface area contributed by atoms with Gasteiger partial charge in [-0.15, -0.1) is 0 Å². The molecule has 25 heavy (non-hydrogen) atoms. The van der Waals surface area contributed by atoms with Gasteiger partial charge in [-0.05, 0) is 12.8 Å². The third kappa shape index (κ3) is 7.44. The molecule has 144 valence electrons. The number of hydrogen-bond acceptors (Lipinski definition) is 4. The molecule has 0 atom stereocenters. The van der Waals surface area contributed by atoms with Crippen LogP contribution in [0.2, 0.25) is 6.04 Å². The zero-order valence-corrected chi connectivity index (χ0v) is 17.8. The van der Waals surface area contributed by atoms with Gasteiger partial charge >= 0.3 is 8.80 Å². The average Bonchev–Trinajstić information content (AvgIpc) is 2.66. The fraction of sp³-hybridized carbons (Fsp3) is 0.737. The maximum atomic E-state index is 5.48. The largest absolute Gasteiger partial charge is 0.500 e. The summed E-state index contributed by atoms with van der Waals surface area (Å²) in [5.41, 5.74) is 1.33. The molecule has 0 saturated carbocycles. The molecule has 0 amide bonds. The van der Waals surface area contributed by atoms with Crippen LogP contribution >= 0.6 is 0 Å². The van der Waals surface area contributed by atoms with Crippen LogP contribution in [0, 0.1) is 0 Å². The van der Waals surface area contributed by atoms with Gasteiger partial charge in [-0.25, -0.2) is 4.57 Å². The van der Waals surface area contributed by atoms with E-state index in [1.54, 1.807) is 21.3 Å². The van der Waals surface area contributed by atoms with Crippen molar-refractivity contribution in [2.45, 2.75) is 58.5 Å². The number of anilines is 1.